The summed E-state index contributed by atoms with van der Waals surface area (Å²) in [5.74, 6) is -0.396. The number of carbonyl (C=O) groups is 1. The Kier molecular flexibility index (Phi) is 3.60. The van der Waals surface area contributed by atoms with E-state index in [9.17, 15) is 9.18 Å². The van der Waals surface area contributed by atoms with E-state index in [-0.39, 0.29) is 17.8 Å². The van der Waals surface area contributed by atoms with Crippen molar-refractivity contribution >= 4 is 17.3 Å². The summed E-state index contributed by atoms with van der Waals surface area (Å²) in [6.07, 6.45) is 0.963. The van der Waals surface area contributed by atoms with Crippen molar-refractivity contribution in [1.29, 1.82) is 0 Å². The van der Waals surface area contributed by atoms with Gasteiger partial charge >= 0.3 is 0 Å². The number of anilines is 2. The van der Waals surface area contributed by atoms with Crippen LogP contribution < -0.4 is 10.2 Å². The summed E-state index contributed by atoms with van der Waals surface area (Å²) in [6.45, 7) is 2.73. The molecule has 0 aromatic heterocycles. The van der Waals surface area contributed by atoms with Crippen LogP contribution in [0.3, 0.4) is 0 Å². The van der Waals surface area contributed by atoms with Gasteiger partial charge in [-0.05, 0) is 49.2 Å². The van der Waals surface area contributed by atoms with Gasteiger partial charge in [-0.2, -0.15) is 0 Å². The average molecular weight is 284 g/mol. The number of halogens is 1. The first-order valence-electron chi connectivity index (χ1n) is 7.06. The van der Waals surface area contributed by atoms with Crippen LogP contribution in [0.5, 0.6) is 0 Å². The van der Waals surface area contributed by atoms with Crippen molar-refractivity contribution in [2.45, 2.75) is 19.4 Å². The van der Waals surface area contributed by atoms with E-state index in [1.54, 1.807) is 12.1 Å². The molecule has 1 N–H and O–H groups in total. The van der Waals surface area contributed by atoms with Crippen LogP contribution in [0, 0.1) is 5.82 Å². The second kappa shape index (κ2) is 5.56. The Balaban J connectivity index is 1.72. The molecule has 4 heteroatoms. The number of hydrogen-bond donors (Lipinski definition) is 1. The largest absolute Gasteiger partial charge is 0.359 e. The van der Waals surface area contributed by atoms with E-state index in [4.69, 9.17) is 0 Å². The van der Waals surface area contributed by atoms with Crippen molar-refractivity contribution in [3.8, 4) is 0 Å². The van der Waals surface area contributed by atoms with Crippen LogP contribution >= 0.6 is 0 Å². The summed E-state index contributed by atoms with van der Waals surface area (Å²) in [7, 11) is 0. The first kappa shape index (κ1) is 13.6. The Bertz CT molecular complexity index is 654. The number of fused-ring (bicyclic) bond motifs is 1. The van der Waals surface area contributed by atoms with Gasteiger partial charge in [-0.1, -0.05) is 18.2 Å². The topological polar surface area (TPSA) is 32.3 Å². The van der Waals surface area contributed by atoms with Gasteiger partial charge in [-0.3, -0.25) is 4.79 Å². The molecule has 1 atom stereocenters. The Morgan fingerprint density at radius 3 is 2.67 bits per heavy atom. The first-order chi connectivity index (χ1) is 10.1. The maximum absolute atomic E-state index is 12.9. The van der Waals surface area contributed by atoms with Crippen molar-refractivity contribution in [3.63, 3.8) is 0 Å². The highest BCUT2D eigenvalue weighted by molar-refractivity contribution is 5.97. The van der Waals surface area contributed by atoms with Gasteiger partial charge in [0.2, 0.25) is 5.91 Å². The Hall–Kier alpha value is -2.36. The zero-order valence-corrected chi connectivity index (χ0v) is 11.8. The van der Waals surface area contributed by atoms with Crippen molar-refractivity contribution in [1.82, 2.24) is 0 Å². The maximum Gasteiger partial charge on any atom is 0.246 e. The second-order valence-corrected chi connectivity index (χ2v) is 5.24. The van der Waals surface area contributed by atoms with Gasteiger partial charge in [0.15, 0.2) is 0 Å². The van der Waals surface area contributed by atoms with E-state index in [0.29, 0.717) is 5.69 Å². The molecule has 0 bridgehead atoms. The van der Waals surface area contributed by atoms with Crippen LogP contribution in [-0.4, -0.2) is 18.5 Å². The smallest absolute Gasteiger partial charge is 0.246 e. The normalized spacial score (nSPS) is 14.7. The number of para-hydroxylation sites is 1. The third-order valence-electron chi connectivity index (χ3n) is 3.88. The van der Waals surface area contributed by atoms with E-state index in [1.165, 1.54) is 17.7 Å². The zero-order valence-electron chi connectivity index (χ0n) is 11.8. The van der Waals surface area contributed by atoms with E-state index < -0.39 is 0 Å². The molecule has 0 unspecified atom stereocenters. The molecule has 0 radical (unpaired) electrons. The third kappa shape index (κ3) is 2.75. The quantitative estimate of drug-likeness (QED) is 0.938. The van der Waals surface area contributed by atoms with Crippen molar-refractivity contribution in [2.24, 2.45) is 0 Å². The SMILES string of the molecule is C[C@H](C(=O)Nc1ccc(F)cc1)N1CCc2ccccc21. The Morgan fingerprint density at radius 2 is 1.90 bits per heavy atom. The third-order valence-corrected chi connectivity index (χ3v) is 3.88. The molecule has 3 rings (SSSR count). The van der Waals surface area contributed by atoms with Crippen LogP contribution in [0.2, 0.25) is 0 Å². The molecular formula is C17H17FN2O. The molecule has 1 aliphatic rings. The molecule has 1 heterocycles. The van der Waals surface area contributed by atoms with Gasteiger partial charge in [-0.25, -0.2) is 4.39 Å². The highest BCUT2D eigenvalue weighted by Gasteiger charge is 2.27. The fraction of sp³-hybridized carbons (Fsp3) is 0.235. The molecule has 0 spiro atoms. The lowest BCUT2D eigenvalue weighted by molar-refractivity contribution is -0.117. The van der Waals surface area contributed by atoms with Crippen LogP contribution in [0.4, 0.5) is 15.8 Å². The Morgan fingerprint density at radius 1 is 1.19 bits per heavy atom. The minimum Gasteiger partial charge on any atom is -0.359 e. The van der Waals surface area contributed by atoms with E-state index in [2.05, 4.69) is 16.3 Å². The summed E-state index contributed by atoms with van der Waals surface area (Å²) >= 11 is 0. The molecule has 1 aliphatic heterocycles. The molecule has 3 nitrogen and oxygen atoms in total. The van der Waals surface area contributed by atoms with Gasteiger partial charge < -0.3 is 10.2 Å². The standard InChI is InChI=1S/C17H17FN2O/c1-12(17(21)19-15-8-6-14(18)7-9-15)20-11-10-13-4-2-3-5-16(13)20/h2-9,12H,10-11H2,1H3,(H,19,21)/t12-/m1/s1. The lowest BCUT2D eigenvalue weighted by Gasteiger charge is -2.26. The van der Waals surface area contributed by atoms with Crippen molar-refractivity contribution in [2.75, 3.05) is 16.8 Å². The zero-order chi connectivity index (χ0) is 14.8. The number of hydrogen-bond acceptors (Lipinski definition) is 2. The average Bonchev–Trinajstić information content (AvgIpc) is 2.92. The van der Waals surface area contributed by atoms with E-state index >= 15 is 0 Å². The van der Waals surface area contributed by atoms with Gasteiger partial charge in [0.1, 0.15) is 11.9 Å². The lowest BCUT2D eigenvalue weighted by atomic mass is 10.1. The summed E-state index contributed by atoms with van der Waals surface area (Å²) < 4.78 is 12.9. The molecule has 0 saturated carbocycles. The first-order valence-corrected chi connectivity index (χ1v) is 7.06. The number of nitrogens with zero attached hydrogens (tertiary/aromatic N) is 1. The minimum absolute atomic E-state index is 0.0849. The molecule has 0 aliphatic carbocycles. The van der Waals surface area contributed by atoms with Gasteiger partial charge in [0.05, 0.1) is 0 Å². The number of amides is 1. The van der Waals surface area contributed by atoms with Gasteiger partial charge in [0.25, 0.3) is 0 Å². The van der Waals surface area contributed by atoms with Crippen LogP contribution in [0.1, 0.15) is 12.5 Å². The number of benzene rings is 2. The highest BCUT2D eigenvalue weighted by Crippen LogP contribution is 2.29. The number of carbonyl (C=O) groups excluding carboxylic acids is 1. The van der Waals surface area contributed by atoms with E-state index in [0.717, 1.165) is 18.7 Å². The summed E-state index contributed by atoms with van der Waals surface area (Å²) in [5.41, 5.74) is 3.01. The maximum atomic E-state index is 12.9. The molecule has 0 fully saturated rings. The summed E-state index contributed by atoms with van der Waals surface area (Å²) in [5, 5.41) is 2.83. The van der Waals surface area contributed by atoms with Crippen LogP contribution in [0.15, 0.2) is 48.5 Å². The van der Waals surface area contributed by atoms with Crippen molar-refractivity contribution < 1.29 is 9.18 Å². The number of rotatable bonds is 3. The highest BCUT2D eigenvalue weighted by atomic mass is 19.1. The second-order valence-electron chi connectivity index (χ2n) is 5.24. The van der Waals surface area contributed by atoms with Crippen molar-refractivity contribution in [3.05, 3.63) is 59.9 Å². The monoisotopic (exact) mass is 284 g/mol. The fourth-order valence-electron chi connectivity index (χ4n) is 2.69. The molecule has 2 aromatic rings. The lowest BCUT2D eigenvalue weighted by Crippen LogP contribution is -2.41. The molecule has 2 aromatic carbocycles. The number of nitrogens with one attached hydrogen (secondary N) is 1. The summed E-state index contributed by atoms with van der Waals surface area (Å²) in [4.78, 5) is 14.5. The minimum atomic E-state index is -0.311. The molecule has 108 valence electrons. The predicted molar refractivity (Wildman–Crippen MR) is 82.0 cm³/mol. The van der Waals surface area contributed by atoms with Crippen LogP contribution in [-0.2, 0) is 11.2 Å². The molecule has 1 amide bonds. The molecular weight excluding hydrogens is 267 g/mol. The van der Waals surface area contributed by atoms with Gasteiger partial charge in [-0.15, -0.1) is 0 Å². The summed E-state index contributed by atoms with van der Waals surface area (Å²) in [6, 6.07) is 13.7. The van der Waals surface area contributed by atoms with Crippen LogP contribution in [0.25, 0.3) is 0 Å². The fourth-order valence-corrected chi connectivity index (χ4v) is 2.69. The predicted octanol–water partition coefficient (Wildman–Crippen LogP) is 3.22. The molecule has 0 saturated heterocycles. The van der Waals surface area contributed by atoms with Gasteiger partial charge in [0, 0.05) is 17.9 Å². The molecule has 21 heavy (non-hydrogen) atoms. The Labute approximate surface area is 123 Å². The van der Waals surface area contributed by atoms with E-state index in [1.807, 2.05) is 25.1 Å².